The maximum Gasteiger partial charge on any atom is 0.132 e. The zero-order valence-electron chi connectivity index (χ0n) is 13.2. The molecule has 1 atom stereocenters. The van der Waals surface area contributed by atoms with Gasteiger partial charge in [0.1, 0.15) is 5.75 Å². The van der Waals surface area contributed by atoms with Crippen LogP contribution in [0.25, 0.3) is 0 Å². The minimum atomic E-state index is -0.145. The quantitative estimate of drug-likeness (QED) is 0.723. The van der Waals surface area contributed by atoms with Crippen molar-refractivity contribution in [3.05, 3.63) is 59.7 Å². The normalized spacial score (nSPS) is 21.0. The van der Waals surface area contributed by atoms with Crippen molar-refractivity contribution in [3.8, 4) is 5.75 Å². The van der Waals surface area contributed by atoms with Crippen LogP contribution in [0, 0.1) is 0 Å². The van der Waals surface area contributed by atoms with Gasteiger partial charge in [-0.1, -0.05) is 36.4 Å². The topological polar surface area (TPSA) is 18.5 Å². The van der Waals surface area contributed by atoms with E-state index in [1.165, 1.54) is 16.0 Å². The summed E-state index contributed by atoms with van der Waals surface area (Å²) in [7, 11) is 1.73. The number of rotatable bonds is 5. The van der Waals surface area contributed by atoms with Crippen molar-refractivity contribution in [2.24, 2.45) is 0 Å². The largest absolute Gasteiger partial charge is 0.496 e. The number of benzene rings is 2. The van der Waals surface area contributed by atoms with Crippen LogP contribution >= 0.6 is 11.8 Å². The second-order valence-corrected chi connectivity index (χ2v) is 6.84. The predicted molar refractivity (Wildman–Crippen MR) is 91.5 cm³/mol. The van der Waals surface area contributed by atoms with Gasteiger partial charge in [0.05, 0.1) is 17.6 Å². The fourth-order valence-corrected chi connectivity index (χ4v) is 3.88. The Hall–Kier alpha value is -1.45. The molecular formula is C19H22O2S. The van der Waals surface area contributed by atoms with E-state index in [-0.39, 0.29) is 5.60 Å². The zero-order chi connectivity index (χ0) is 15.4. The van der Waals surface area contributed by atoms with Crippen molar-refractivity contribution in [1.29, 1.82) is 0 Å². The van der Waals surface area contributed by atoms with E-state index in [4.69, 9.17) is 9.47 Å². The lowest BCUT2D eigenvalue weighted by molar-refractivity contribution is 0.0166. The van der Waals surface area contributed by atoms with Crippen LogP contribution in [0.15, 0.2) is 53.4 Å². The third kappa shape index (κ3) is 3.31. The molecule has 0 bridgehead atoms. The van der Waals surface area contributed by atoms with Gasteiger partial charge in [0.15, 0.2) is 0 Å². The third-order valence-corrected chi connectivity index (χ3v) is 5.34. The van der Waals surface area contributed by atoms with Crippen molar-refractivity contribution >= 4 is 11.8 Å². The minimum Gasteiger partial charge on any atom is -0.496 e. The van der Waals surface area contributed by atoms with Gasteiger partial charge < -0.3 is 9.47 Å². The summed E-state index contributed by atoms with van der Waals surface area (Å²) >= 11 is 1.82. The smallest absolute Gasteiger partial charge is 0.132 e. The summed E-state index contributed by atoms with van der Waals surface area (Å²) in [6, 6.07) is 17.0. The maximum atomic E-state index is 5.97. The first-order valence-electron chi connectivity index (χ1n) is 7.70. The van der Waals surface area contributed by atoms with Crippen LogP contribution in [-0.4, -0.2) is 13.7 Å². The Balaban J connectivity index is 1.82. The molecule has 116 valence electrons. The molecule has 1 fully saturated rings. The molecule has 0 saturated carbocycles. The molecule has 0 amide bonds. The predicted octanol–water partition coefficient (Wildman–Crippen LogP) is 5.01. The second-order valence-electron chi connectivity index (χ2n) is 5.82. The van der Waals surface area contributed by atoms with Crippen molar-refractivity contribution in [2.75, 3.05) is 13.7 Å². The average Bonchev–Trinajstić information content (AvgIpc) is 3.01. The number of methoxy groups -OCH3 is 1. The molecule has 3 heteroatoms. The molecule has 2 aromatic carbocycles. The monoisotopic (exact) mass is 314 g/mol. The highest BCUT2D eigenvalue weighted by Gasteiger charge is 2.32. The van der Waals surface area contributed by atoms with Crippen molar-refractivity contribution < 1.29 is 9.47 Å². The molecule has 0 aliphatic carbocycles. The van der Waals surface area contributed by atoms with E-state index in [1.54, 1.807) is 7.11 Å². The maximum absolute atomic E-state index is 5.97. The Kier molecular flexibility index (Phi) is 4.74. The summed E-state index contributed by atoms with van der Waals surface area (Å²) in [5.41, 5.74) is 2.43. The average molecular weight is 314 g/mol. The number of ether oxygens (including phenoxy) is 2. The van der Waals surface area contributed by atoms with E-state index in [2.05, 4.69) is 49.4 Å². The van der Waals surface area contributed by atoms with Crippen molar-refractivity contribution in [2.45, 2.75) is 36.0 Å². The van der Waals surface area contributed by atoms with Crippen LogP contribution in [0.5, 0.6) is 5.75 Å². The number of hydrogen-bond donors (Lipinski definition) is 0. The van der Waals surface area contributed by atoms with Gasteiger partial charge in [0, 0.05) is 12.4 Å². The molecule has 0 radical (unpaired) electrons. The molecule has 1 aliphatic rings. The highest BCUT2D eigenvalue weighted by atomic mass is 32.2. The summed E-state index contributed by atoms with van der Waals surface area (Å²) in [6.07, 6.45) is 2.22. The molecular weight excluding hydrogens is 292 g/mol. The first-order valence-corrected chi connectivity index (χ1v) is 8.69. The lowest BCUT2D eigenvalue weighted by Gasteiger charge is -2.25. The molecule has 0 spiro atoms. The van der Waals surface area contributed by atoms with Crippen LogP contribution in [0.3, 0.4) is 0 Å². The summed E-state index contributed by atoms with van der Waals surface area (Å²) < 4.78 is 11.5. The van der Waals surface area contributed by atoms with Gasteiger partial charge in [-0.05, 0) is 43.0 Å². The van der Waals surface area contributed by atoms with Gasteiger partial charge >= 0.3 is 0 Å². The van der Waals surface area contributed by atoms with E-state index in [0.29, 0.717) is 0 Å². The molecule has 2 aromatic rings. The van der Waals surface area contributed by atoms with Crippen LogP contribution in [0.1, 0.15) is 30.9 Å². The van der Waals surface area contributed by atoms with E-state index in [9.17, 15) is 0 Å². The Bertz CT molecular complexity index is 619. The molecule has 2 nitrogen and oxygen atoms in total. The number of thioether (sulfide) groups is 1. The first kappa shape index (κ1) is 15.4. The molecule has 0 aromatic heterocycles. The van der Waals surface area contributed by atoms with Crippen LogP contribution in [-0.2, 0) is 16.1 Å². The Morgan fingerprint density at radius 2 is 2.00 bits per heavy atom. The van der Waals surface area contributed by atoms with Crippen LogP contribution in [0.2, 0.25) is 0 Å². The number of hydrogen-bond acceptors (Lipinski definition) is 3. The van der Waals surface area contributed by atoms with E-state index >= 15 is 0 Å². The molecule has 1 unspecified atom stereocenters. The Labute approximate surface area is 136 Å². The molecule has 1 saturated heterocycles. The van der Waals surface area contributed by atoms with Gasteiger partial charge in [-0.15, -0.1) is 11.8 Å². The summed E-state index contributed by atoms with van der Waals surface area (Å²) in [5, 5.41) is 0. The second kappa shape index (κ2) is 6.76. The molecule has 1 heterocycles. The highest BCUT2D eigenvalue weighted by Crippen LogP contribution is 2.40. The highest BCUT2D eigenvalue weighted by molar-refractivity contribution is 7.98. The Morgan fingerprint density at radius 3 is 2.68 bits per heavy atom. The SMILES string of the molecule is COc1ccc(C2(C)CCCO2)cc1SCc1ccccc1. The lowest BCUT2D eigenvalue weighted by Crippen LogP contribution is -2.19. The van der Waals surface area contributed by atoms with Gasteiger partial charge in [0.2, 0.25) is 0 Å². The standard InChI is InChI=1S/C19H22O2S/c1-19(11-6-12-21-19)16-9-10-17(20-2)18(13-16)22-14-15-7-4-3-5-8-15/h3-5,7-10,13H,6,11-12,14H2,1-2H3. The molecule has 3 rings (SSSR count). The van der Waals surface area contributed by atoms with Gasteiger partial charge in [-0.2, -0.15) is 0 Å². The van der Waals surface area contributed by atoms with Gasteiger partial charge in [0.25, 0.3) is 0 Å². The summed E-state index contributed by atoms with van der Waals surface area (Å²) in [6.45, 7) is 3.04. The third-order valence-electron chi connectivity index (χ3n) is 4.23. The lowest BCUT2D eigenvalue weighted by atomic mass is 9.93. The van der Waals surface area contributed by atoms with E-state index in [0.717, 1.165) is 31.0 Å². The molecule has 0 N–H and O–H groups in total. The fraction of sp³-hybridized carbons (Fsp3) is 0.368. The zero-order valence-corrected chi connectivity index (χ0v) is 14.0. The van der Waals surface area contributed by atoms with Crippen molar-refractivity contribution in [1.82, 2.24) is 0 Å². The van der Waals surface area contributed by atoms with Gasteiger partial charge in [-0.3, -0.25) is 0 Å². The van der Waals surface area contributed by atoms with E-state index in [1.807, 2.05) is 17.8 Å². The van der Waals surface area contributed by atoms with Crippen LogP contribution in [0.4, 0.5) is 0 Å². The van der Waals surface area contributed by atoms with Crippen LogP contribution < -0.4 is 4.74 Å². The summed E-state index contributed by atoms with van der Waals surface area (Å²) in [4.78, 5) is 1.18. The van der Waals surface area contributed by atoms with E-state index < -0.39 is 0 Å². The first-order chi connectivity index (χ1) is 10.7. The summed E-state index contributed by atoms with van der Waals surface area (Å²) in [5.74, 6) is 1.88. The Morgan fingerprint density at radius 1 is 1.18 bits per heavy atom. The van der Waals surface area contributed by atoms with Gasteiger partial charge in [-0.25, -0.2) is 0 Å². The van der Waals surface area contributed by atoms with Crippen molar-refractivity contribution in [3.63, 3.8) is 0 Å². The molecule has 22 heavy (non-hydrogen) atoms. The molecule has 1 aliphatic heterocycles. The minimum absolute atomic E-state index is 0.145. The fourth-order valence-electron chi connectivity index (χ4n) is 2.86.